The first-order valence-electron chi connectivity index (χ1n) is 6.97. The molecule has 1 aromatic carbocycles. The van der Waals surface area contributed by atoms with Gasteiger partial charge in [0.05, 0.1) is 11.4 Å². The summed E-state index contributed by atoms with van der Waals surface area (Å²) in [4.78, 5) is 4.99. The first kappa shape index (κ1) is 13.2. The maximum Gasteiger partial charge on any atom is 0.0603 e. The van der Waals surface area contributed by atoms with Crippen LogP contribution in [0, 0.1) is 6.92 Å². The fraction of sp³-hybridized carbons (Fsp3) is 0.600. The summed E-state index contributed by atoms with van der Waals surface area (Å²) in [6.07, 6.45) is 1.23. The van der Waals surface area contributed by atoms with E-state index in [0.717, 1.165) is 31.9 Å². The third-order valence-electron chi connectivity index (χ3n) is 4.17. The highest BCUT2D eigenvalue weighted by atomic mass is 15.3. The van der Waals surface area contributed by atoms with E-state index in [1.807, 2.05) is 0 Å². The van der Waals surface area contributed by atoms with Gasteiger partial charge in [-0.15, -0.1) is 0 Å². The van der Waals surface area contributed by atoms with E-state index in [0.29, 0.717) is 6.04 Å². The normalized spacial score (nSPS) is 18.9. The van der Waals surface area contributed by atoms with Crippen LogP contribution in [0.5, 0.6) is 0 Å². The van der Waals surface area contributed by atoms with Gasteiger partial charge in [0, 0.05) is 32.2 Å². The number of nitrogens with two attached hydrogens (primary N) is 1. The Kier molecular flexibility index (Phi) is 4.12. The molecule has 2 rings (SSSR count). The largest absolute Gasteiger partial charge is 0.397 e. The van der Waals surface area contributed by atoms with Crippen LogP contribution in [0.2, 0.25) is 0 Å². The molecule has 1 aliphatic heterocycles. The summed E-state index contributed by atoms with van der Waals surface area (Å²) < 4.78 is 0. The van der Waals surface area contributed by atoms with Crippen molar-refractivity contribution in [2.24, 2.45) is 0 Å². The van der Waals surface area contributed by atoms with Crippen molar-refractivity contribution < 1.29 is 0 Å². The molecule has 0 saturated carbocycles. The molecule has 2 N–H and O–H groups in total. The minimum absolute atomic E-state index is 0.696. The zero-order chi connectivity index (χ0) is 13.1. The summed E-state index contributed by atoms with van der Waals surface area (Å²) >= 11 is 0. The molecule has 0 bridgehead atoms. The second-order valence-corrected chi connectivity index (χ2v) is 5.29. The molecule has 0 radical (unpaired) electrons. The molecule has 0 amide bonds. The molecular weight excluding hydrogens is 222 g/mol. The summed E-state index contributed by atoms with van der Waals surface area (Å²) in [6.45, 7) is 11.1. The van der Waals surface area contributed by atoms with Crippen molar-refractivity contribution in [3.05, 3.63) is 23.8 Å². The smallest absolute Gasteiger partial charge is 0.0603 e. The van der Waals surface area contributed by atoms with Gasteiger partial charge in [-0.3, -0.25) is 4.90 Å². The van der Waals surface area contributed by atoms with Gasteiger partial charge < -0.3 is 10.6 Å². The Morgan fingerprint density at radius 3 is 2.50 bits per heavy atom. The molecule has 1 saturated heterocycles. The fourth-order valence-corrected chi connectivity index (χ4v) is 2.60. The topological polar surface area (TPSA) is 32.5 Å². The van der Waals surface area contributed by atoms with E-state index in [9.17, 15) is 0 Å². The summed E-state index contributed by atoms with van der Waals surface area (Å²) in [6, 6.07) is 7.01. The Labute approximate surface area is 111 Å². The molecule has 3 nitrogen and oxygen atoms in total. The molecule has 1 aromatic rings. The third-order valence-corrected chi connectivity index (χ3v) is 4.17. The number of para-hydroxylation sites is 1. The highest BCUT2D eigenvalue weighted by Gasteiger charge is 2.21. The second-order valence-electron chi connectivity index (χ2n) is 5.29. The van der Waals surface area contributed by atoms with Crippen LogP contribution in [0.15, 0.2) is 18.2 Å². The Morgan fingerprint density at radius 1 is 1.22 bits per heavy atom. The van der Waals surface area contributed by atoms with Gasteiger partial charge in [-0.1, -0.05) is 19.1 Å². The van der Waals surface area contributed by atoms with Gasteiger partial charge in [-0.25, -0.2) is 0 Å². The predicted molar refractivity (Wildman–Crippen MR) is 79.1 cm³/mol. The van der Waals surface area contributed by atoms with Gasteiger partial charge in [0.15, 0.2) is 0 Å². The lowest BCUT2D eigenvalue weighted by Crippen LogP contribution is -2.49. The van der Waals surface area contributed by atoms with E-state index in [-0.39, 0.29) is 0 Å². The van der Waals surface area contributed by atoms with Crippen LogP contribution in [0.25, 0.3) is 0 Å². The van der Waals surface area contributed by atoms with Gasteiger partial charge in [-0.2, -0.15) is 0 Å². The lowest BCUT2D eigenvalue weighted by atomic mass is 10.1. The average Bonchev–Trinajstić information content (AvgIpc) is 2.41. The van der Waals surface area contributed by atoms with E-state index >= 15 is 0 Å². The van der Waals surface area contributed by atoms with Gasteiger partial charge in [0.2, 0.25) is 0 Å². The molecule has 1 atom stereocenters. The number of piperazine rings is 1. The number of hydrogen-bond acceptors (Lipinski definition) is 3. The van der Waals surface area contributed by atoms with E-state index in [1.54, 1.807) is 0 Å². The lowest BCUT2D eigenvalue weighted by molar-refractivity contribution is 0.193. The molecule has 18 heavy (non-hydrogen) atoms. The number of rotatable bonds is 3. The highest BCUT2D eigenvalue weighted by Crippen LogP contribution is 2.27. The molecule has 1 heterocycles. The lowest BCUT2D eigenvalue weighted by Gasteiger charge is -2.39. The summed E-state index contributed by atoms with van der Waals surface area (Å²) in [5, 5.41) is 0. The maximum atomic E-state index is 6.18. The predicted octanol–water partition coefficient (Wildman–Crippen LogP) is 2.50. The SMILES string of the molecule is CCC(C)N1CCN(c2cccc(C)c2N)CC1. The zero-order valence-electron chi connectivity index (χ0n) is 11.8. The van der Waals surface area contributed by atoms with Crippen molar-refractivity contribution in [3.8, 4) is 0 Å². The highest BCUT2D eigenvalue weighted by molar-refractivity contribution is 5.71. The number of nitrogens with zero attached hydrogens (tertiary/aromatic N) is 2. The van der Waals surface area contributed by atoms with Crippen molar-refractivity contribution in [3.63, 3.8) is 0 Å². The quantitative estimate of drug-likeness (QED) is 0.833. The van der Waals surface area contributed by atoms with Crippen molar-refractivity contribution in [1.82, 2.24) is 4.90 Å². The van der Waals surface area contributed by atoms with Gasteiger partial charge >= 0.3 is 0 Å². The van der Waals surface area contributed by atoms with Crippen LogP contribution in [0.1, 0.15) is 25.8 Å². The van der Waals surface area contributed by atoms with E-state index in [4.69, 9.17) is 5.73 Å². The van der Waals surface area contributed by atoms with Crippen LogP contribution in [-0.2, 0) is 0 Å². The Balaban J connectivity index is 2.03. The molecule has 1 unspecified atom stereocenters. The van der Waals surface area contributed by atoms with E-state index < -0.39 is 0 Å². The minimum atomic E-state index is 0.696. The number of benzene rings is 1. The molecular formula is C15H25N3. The molecule has 1 aliphatic rings. The average molecular weight is 247 g/mol. The molecule has 0 spiro atoms. The Hall–Kier alpha value is -1.22. The van der Waals surface area contributed by atoms with Crippen LogP contribution in [-0.4, -0.2) is 37.1 Å². The van der Waals surface area contributed by atoms with Crippen LogP contribution < -0.4 is 10.6 Å². The maximum absolute atomic E-state index is 6.18. The van der Waals surface area contributed by atoms with Crippen LogP contribution in [0.4, 0.5) is 11.4 Å². The molecule has 0 aromatic heterocycles. The van der Waals surface area contributed by atoms with Crippen LogP contribution in [0.3, 0.4) is 0 Å². The van der Waals surface area contributed by atoms with Crippen molar-refractivity contribution in [2.45, 2.75) is 33.2 Å². The number of aryl methyl sites for hydroxylation is 1. The van der Waals surface area contributed by atoms with E-state index in [1.165, 1.54) is 17.7 Å². The molecule has 100 valence electrons. The van der Waals surface area contributed by atoms with Crippen molar-refractivity contribution in [1.29, 1.82) is 0 Å². The summed E-state index contributed by atoms with van der Waals surface area (Å²) in [5.41, 5.74) is 9.50. The Morgan fingerprint density at radius 2 is 1.89 bits per heavy atom. The first-order chi connectivity index (χ1) is 8.63. The fourth-order valence-electron chi connectivity index (χ4n) is 2.60. The number of nitrogen functional groups attached to an aromatic ring is 1. The van der Waals surface area contributed by atoms with Gasteiger partial charge in [-0.05, 0) is 31.9 Å². The standard InChI is InChI=1S/C15H25N3/c1-4-13(3)17-8-10-18(11-9-17)14-7-5-6-12(2)15(14)16/h5-7,13H,4,8-11,16H2,1-3H3. The first-order valence-corrected chi connectivity index (χ1v) is 6.97. The van der Waals surface area contributed by atoms with Crippen molar-refractivity contribution >= 4 is 11.4 Å². The minimum Gasteiger partial charge on any atom is -0.397 e. The number of hydrogen-bond donors (Lipinski definition) is 1. The van der Waals surface area contributed by atoms with Gasteiger partial charge in [0.25, 0.3) is 0 Å². The Bertz CT molecular complexity index is 395. The number of anilines is 2. The van der Waals surface area contributed by atoms with Crippen molar-refractivity contribution in [2.75, 3.05) is 36.8 Å². The molecule has 0 aliphatic carbocycles. The van der Waals surface area contributed by atoms with E-state index in [2.05, 4.69) is 48.8 Å². The monoisotopic (exact) mass is 247 g/mol. The second kappa shape index (κ2) is 5.61. The summed E-state index contributed by atoms with van der Waals surface area (Å²) in [7, 11) is 0. The summed E-state index contributed by atoms with van der Waals surface area (Å²) in [5.74, 6) is 0. The van der Waals surface area contributed by atoms with Crippen LogP contribution >= 0.6 is 0 Å². The zero-order valence-corrected chi connectivity index (χ0v) is 11.8. The third kappa shape index (κ3) is 2.61. The molecule has 3 heteroatoms. The van der Waals surface area contributed by atoms with Gasteiger partial charge in [0.1, 0.15) is 0 Å². The molecule has 1 fully saturated rings.